The van der Waals surface area contributed by atoms with Crippen LogP contribution in [0.25, 0.3) is 0 Å². The summed E-state index contributed by atoms with van der Waals surface area (Å²) in [4.78, 5) is 8.77. The van der Waals surface area contributed by atoms with Crippen LogP contribution in [0.15, 0.2) is 48.7 Å². The summed E-state index contributed by atoms with van der Waals surface area (Å²) >= 11 is 6.06. The second-order valence-electron chi connectivity index (χ2n) is 5.68. The Morgan fingerprint density at radius 3 is 2.60 bits per heavy atom. The number of nitrogens with zero attached hydrogens (tertiary/aromatic N) is 2. The summed E-state index contributed by atoms with van der Waals surface area (Å²) in [6, 6.07) is 13.4. The molecule has 3 aromatic rings. The number of nitrogens with one attached hydrogen (secondary N) is 2. The number of hydrogen-bond donors (Lipinski definition) is 2. The van der Waals surface area contributed by atoms with Crippen molar-refractivity contribution in [3.05, 3.63) is 64.8 Å². The molecule has 5 nitrogen and oxygen atoms in total. The van der Waals surface area contributed by atoms with E-state index in [0.717, 1.165) is 11.3 Å². The first kappa shape index (κ1) is 17.0. The number of ether oxygens (including phenoxy) is 1. The van der Waals surface area contributed by atoms with E-state index in [1.165, 1.54) is 5.56 Å². The fourth-order valence-electron chi connectivity index (χ4n) is 2.40. The SMILES string of the molecule is COc1ccc(Cl)cc1Nc1nccc(Nc2cc(C)ccc2C)n1. The maximum absolute atomic E-state index is 6.06. The standard InChI is InChI=1S/C19H19ClN4O/c1-12-4-5-13(2)15(10-12)22-18-8-9-21-19(24-18)23-16-11-14(20)6-7-17(16)25-3/h4-11H,1-3H3,(H2,21,22,23,24). The molecule has 128 valence electrons. The van der Waals surface area contributed by atoms with E-state index in [4.69, 9.17) is 16.3 Å². The van der Waals surface area contributed by atoms with Crippen LogP contribution in [0.1, 0.15) is 11.1 Å². The molecular weight excluding hydrogens is 336 g/mol. The summed E-state index contributed by atoms with van der Waals surface area (Å²) in [5, 5.41) is 7.08. The van der Waals surface area contributed by atoms with Crippen molar-refractivity contribution in [2.75, 3.05) is 17.7 Å². The van der Waals surface area contributed by atoms with Gasteiger partial charge in [0, 0.05) is 16.9 Å². The third kappa shape index (κ3) is 4.19. The highest BCUT2D eigenvalue weighted by atomic mass is 35.5. The van der Waals surface area contributed by atoms with Crippen molar-refractivity contribution < 1.29 is 4.74 Å². The molecule has 1 aromatic heterocycles. The van der Waals surface area contributed by atoms with E-state index < -0.39 is 0 Å². The molecule has 2 N–H and O–H groups in total. The van der Waals surface area contributed by atoms with Gasteiger partial charge in [0.05, 0.1) is 12.8 Å². The summed E-state index contributed by atoms with van der Waals surface area (Å²) in [7, 11) is 1.60. The van der Waals surface area contributed by atoms with Gasteiger partial charge in [0.25, 0.3) is 0 Å². The van der Waals surface area contributed by atoms with Gasteiger partial charge in [-0.25, -0.2) is 4.98 Å². The van der Waals surface area contributed by atoms with E-state index in [-0.39, 0.29) is 0 Å². The number of halogens is 1. The summed E-state index contributed by atoms with van der Waals surface area (Å²) in [5.74, 6) is 1.82. The third-order valence-electron chi connectivity index (χ3n) is 3.72. The average molecular weight is 355 g/mol. The molecule has 1 heterocycles. The molecule has 0 saturated heterocycles. The van der Waals surface area contributed by atoms with Gasteiger partial charge in [-0.1, -0.05) is 23.7 Å². The molecule has 0 amide bonds. The zero-order valence-corrected chi connectivity index (χ0v) is 15.1. The van der Waals surface area contributed by atoms with Gasteiger partial charge in [-0.2, -0.15) is 4.98 Å². The molecule has 0 fully saturated rings. The van der Waals surface area contributed by atoms with E-state index in [0.29, 0.717) is 28.2 Å². The minimum absolute atomic E-state index is 0.455. The van der Waals surface area contributed by atoms with Crippen molar-refractivity contribution in [1.29, 1.82) is 0 Å². The van der Waals surface area contributed by atoms with Crippen LogP contribution >= 0.6 is 11.6 Å². The van der Waals surface area contributed by atoms with E-state index in [9.17, 15) is 0 Å². The van der Waals surface area contributed by atoms with Crippen LogP contribution in [0.3, 0.4) is 0 Å². The number of methoxy groups -OCH3 is 1. The van der Waals surface area contributed by atoms with Crippen molar-refractivity contribution in [2.24, 2.45) is 0 Å². The Kier molecular flexibility index (Phi) is 5.05. The third-order valence-corrected chi connectivity index (χ3v) is 3.95. The molecular formula is C19H19ClN4O. The maximum atomic E-state index is 6.06. The molecule has 0 saturated carbocycles. The van der Waals surface area contributed by atoms with Crippen molar-refractivity contribution in [1.82, 2.24) is 9.97 Å². The first-order valence-corrected chi connectivity index (χ1v) is 8.21. The Balaban J connectivity index is 1.85. The predicted octanol–water partition coefficient (Wildman–Crippen LogP) is 5.24. The topological polar surface area (TPSA) is 59.1 Å². The van der Waals surface area contributed by atoms with Crippen LogP contribution in [0.4, 0.5) is 23.1 Å². The Morgan fingerprint density at radius 1 is 0.960 bits per heavy atom. The summed E-state index contributed by atoms with van der Waals surface area (Å²) in [5.41, 5.74) is 4.06. The van der Waals surface area contributed by atoms with Crippen molar-refractivity contribution in [3.63, 3.8) is 0 Å². The lowest BCUT2D eigenvalue weighted by Gasteiger charge is -2.12. The van der Waals surface area contributed by atoms with Gasteiger partial charge in [-0.15, -0.1) is 0 Å². The van der Waals surface area contributed by atoms with Gasteiger partial charge < -0.3 is 15.4 Å². The molecule has 3 rings (SSSR count). The fraction of sp³-hybridized carbons (Fsp3) is 0.158. The Hall–Kier alpha value is -2.79. The normalized spacial score (nSPS) is 10.4. The van der Waals surface area contributed by atoms with Gasteiger partial charge in [0.15, 0.2) is 0 Å². The van der Waals surface area contributed by atoms with Gasteiger partial charge in [0.1, 0.15) is 11.6 Å². The van der Waals surface area contributed by atoms with E-state index in [2.05, 4.69) is 52.6 Å². The molecule has 0 aliphatic carbocycles. The van der Waals surface area contributed by atoms with Gasteiger partial charge in [0.2, 0.25) is 5.95 Å². The molecule has 25 heavy (non-hydrogen) atoms. The van der Waals surface area contributed by atoms with E-state index >= 15 is 0 Å². The molecule has 2 aromatic carbocycles. The largest absolute Gasteiger partial charge is 0.495 e. The monoisotopic (exact) mass is 354 g/mol. The second-order valence-corrected chi connectivity index (χ2v) is 6.11. The number of hydrogen-bond acceptors (Lipinski definition) is 5. The van der Waals surface area contributed by atoms with Crippen molar-refractivity contribution in [3.8, 4) is 5.75 Å². The zero-order chi connectivity index (χ0) is 17.8. The van der Waals surface area contributed by atoms with Crippen LogP contribution in [0, 0.1) is 13.8 Å². The average Bonchev–Trinajstić information content (AvgIpc) is 2.59. The molecule has 0 atom stereocenters. The zero-order valence-electron chi connectivity index (χ0n) is 14.3. The number of aryl methyl sites for hydroxylation is 2. The Bertz CT molecular complexity index is 898. The molecule has 0 bridgehead atoms. The second kappa shape index (κ2) is 7.40. The lowest BCUT2D eigenvalue weighted by molar-refractivity contribution is 0.417. The fourth-order valence-corrected chi connectivity index (χ4v) is 2.57. The highest BCUT2D eigenvalue weighted by molar-refractivity contribution is 6.31. The van der Waals surface area contributed by atoms with Crippen molar-refractivity contribution in [2.45, 2.75) is 13.8 Å². The van der Waals surface area contributed by atoms with Crippen LogP contribution < -0.4 is 15.4 Å². The molecule has 0 radical (unpaired) electrons. The predicted molar refractivity (Wildman–Crippen MR) is 103 cm³/mol. The Morgan fingerprint density at radius 2 is 1.80 bits per heavy atom. The van der Waals surface area contributed by atoms with Gasteiger partial charge >= 0.3 is 0 Å². The van der Waals surface area contributed by atoms with Crippen LogP contribution in [0.2, 0.25) is 5.02 Å². The smallest absolute Gasteiger partial charge is 0.229 e. The van der Waals surface area contributed by atoms with Crippen LogP contribution in [0.5, 0.6) is 5.75 Å². The molecule has 0 unspecified atom stereocenters. The van der Waals surface area contributed by atoms with Crippen LogP contribution in [-0.2, 0) is 0 Å². The molecule has 0 aliphatic heterocycles. The molecule has 6 heteroatoms. The minimum atomic E-state index is 0.455. The van der Waals surface area contributed by atoms with E-state index in [1.54, 1.807) is 31.5 Å². The van der Waals surface area contributed by atoms with Gasteiger partial charge in [-0.05, 0) is 55.3 Å². The highest BCUT2D eigenvalue weighted by Crippen LogP contribution is 2.30. The number of benzene rings is 2. The summed E-state index contributed by atoms with van der Waals surface area (Å²) in [6.45, 7) is 4.11. The summed E-state index contributed by atoms with van der Waals surface area (Å²) < 4.78 is 5.34. The minimum Gasteiger partial charge on any atom is -0.495 e. The van der Waals surface area contributed by atoms with Crippen LogP contribution in [-0.4, -0.2) is 17.1 Å². The van der Waals surface area contributed by atoms with E-state index in [1.807, 2.05) is 6.07 Å². The van der Waals surface area contributed by atoms with Crippen molar-refractivity contribution >= 4 is 34.7 Å². The highest BCUT2D eigenvalue weighted by Gasteiger charge is 2.07. The molecule has 0 spiro atoms. The summed E-state index contributed by atoms with van der Waals surface area (Å²) in [6.07, 6.45) is 1.69. The maximum Gasteiger partial charge on any atom is 0.229 e. The number of aromatic nitrogens is 2. The quantitative estimate of drug-likeness (QED) is 0.656. The lowest BCUT2D eigenvalue weighted by atomic mass is 10.1. The number of anilines is 4. The lowest BCUT2D eigenvalue weighted by Crippen LogP contribution is -2.02. The first-order chi connectivity index (χ1) is 12.0. The number of rotatable bonds is 5. The molecule has 0 aliphatic rings. The van der Waals surface area contributed by atoms with Gasteiger partial charge in [-0.3, -0.25) is 0 Å². The first-order valence-electron chi connectivity index (χ1n) is 7.83. The Labute approximate surface area is 152 Å².